The van der Waals surface area contributed by atoms with Crippen LogP contribution in [0.25, 0.3) is 22.0 Å². The molecule has 4 rings (SSSR count). The van der Waals surface area contributed by atoms with Crippen LogP contribution in [0.2, 0.25) is 0 Å². The van der Waals surface area contributed by atoms with E-state index in [4.69, 9.17) is 4.74 Å². The van der Waals surface area contributed by atoms with Crippen molar-refractivity contribution in [1.29, 1.82) is 0 Å². The van der Waals surface area contributed by atoms with Gasteiger partial charge in [0.15, 0.2) is 5.13 Å². The summed E-state index contributed by atoms with van der Waals surface area (Å²) in [5, 5.41) is 7.73. The van der Waals surface area contributed by atoms with E-state index in [0.717, 1.165) is 38.9 Å². The van der Waals surface area contributed by atoms with E-state index in [1.54, 1.807) is 7.11 Å². The van der Waals surface area contributed by atoms with Gasteiger partial charge in [-0.15, -0.1) is 11.3 Å². The molecule has 0 saturated heterocycles. The number of fused-ring (bicyclic) bond motifs is 1. The van der Waals surface area contributed by atoms with Gasteiger partial charge in [-0.2, -0.15) is 0 Å². The molecule has 0 aliphatic carbocycles. The van der Waals surface area contributed by atoms with Crippen LogP contribution in [0.3, 0.4) is 0 Å². The molecule has 146 valence electrons. The fourth-order valence-electron chi connectivity index (χ4n) is 3.32. The van der Waals surface area contributed by atoms with Crippen molar-refractivity contribution in [3.63, 3.8) is 0 Å². The lowest BCUT2D eigenvalue weighted by Crippen LogP contribution is -2.18. The highest BCUT2D eigenvalue weighted by molar-refractivity contribution is 7.14. The van der Waals surface area contributed by atoms with Gasteiger partial charge in [-0.25, -0.2) is 4.98 Å². The van der Waals surface area contributed by atoms with E-state index in [9.17, 15) is 4.79 Å². The highest BCUT2D eigenvalue weighted by atomic mass is 32.1. The zero-order valence-corrected chi connectivity index (χ0v) is 17.4. The SMILES string of the molecule is COc1ccc2cc(C(C)C(=O)Nc3nc(-c4ccccc4C)cs3)ccc2c1. The molecule has 1 unspecified atom stereocenters. The topological polar surface area (TPSA) is 51.2 Å². The van der Waals surface area contributed by atoms with Crippen LogP contribution in [0, 0.1) is 6.92 Å². The number of ether oxygens (including phenoxy) is 1. The van der Waals surface area contributed by atoms with Gasteiger partial charge in [0.25, 0.3) is 0 Å². The zero-order valence-electron chi connectivity index (χ0n) is 16.6. The maximum absolute atomic E-state index is 12.8. The lowest BCUT2D eigenvalue weighted by molar-refractivity contribution is -0.117. The smallest absolute Gasteiger partial charge is 0.233 e. The number of carbonyl (C=O) groups is 1. The molecule has 0 fully saturated rings. The minimum Gasteiger partial charge on any atom is -0.497 e. The van der Waals surface area contributed by atoms with E-state index in [0.29, 0.717) is 5.13 Å². The van der Waals surface area contributed by atoms with Gasteiger partial charge >= 0.3 is 0 Å². The normalized spacial score (nSPS) is 12.0. The molecule has 1 aromatic heterocycles. The average Bonchev–Trinajstić information content (AvgIpc) is 3.20. The van der Waals surface area contributed by atoms with Crippen molar-refractivity contribution in [1.82, 2.24) is 4.98 Å². The summed E-state index contributed by atoms with van der Waals surface area (Å²) in [6.45, 7) is 3.97. The molecule has 3 aromatic carbocycles. The number of carbonyl (C=O) groups excluding carboxylic acids is 1. The van der Waals surface area contributed by atoms with Crippen molar-refractivity contribution in [2.45, 2.75) is 19.8 Å². The first-order chi connectivity index (χ1) is 14.0. The summed E-state index contributed by atoms with van der Waals surface area (Å²) in [5.41, 5.74) is 4.10. The summed E-state index contributed by atoms with van der Waals surface area (Å²) in [6.07, 6.45) is 0. The highest BCUT2D eigenvalue weighted by Crippen LogP contribution is 2.29. The molecule has 1 amide bonds. The van der Waals surface area contributed by atoms with Gasteiger partial charge < -0.3 is 10.1 Å². The predicted molar refractivity (Wildman–Crippen MR) is 120 cm³/mol. The Hall–Kier alpha value is -3.18. The van der Waals surface area contributed by atoms with Crippen molar-refractivity contribution in [3.05, 3.63) is 77.2 Å². The molecule has 5 heteroatoms. The number of amides is 1. The Kier molecular flexibility index (Phi) is 5.32. The number of benzene rings is 3. The first-order valence-corrected chi connectivity index (χ1v) is 10.3. The van der Waals surface area contributed by atoms with Crippen LogP contribution in [0.5, 0.6) is 5.75 Å². The summed E-state index contributed by atoms with van der Waals surface area (Å²) >= 11 is 1.44. The molecule has 1 atom stereocenters. The number of aryl methyl sites for hydroxylation is 1. The van der Waals surface area contributed by atoms with Gasteiger partial charge in [0, 0.05) is 10.9 Å². The second kappa shape index (κ2) is 8.05. The number of anilines is 1. The molecule has 0 spiro atoms. The standard InChI is InChI=1S/C24H22N2O2S/c1-15-6-4-5-7-21(15)22-14-29-24(25-22)26-23(27)16(2)17-8-9-19-13-20(28-3)11-10-18(19)12-17/h4-14,16H,1-3H3,(H,25,26,27). The highest BCUT2D eigenvalue weighted by Gasteiger charge is 2.18. The zero-order chi connectivity index (χ0) is 20.4. The van der Waals surface area contributed by atoms with Gasteiger partial charge in [-0.1, -0.05) is 48.5 Å². The third kappa shape index (κ3) is 4.00. The minimum absolute atomic E-state index is 0.0662. The molecule has 4 nitrogen and oxygen atoms in total. The summed E-state index contributed by atoms with van der Waals surface area (Å²) in [7, 11) is 1.66. The Bertz CT molecular complexity index is 1180. The molecular weight excluding hydrogens is 380 g/mol. The minimum atomic E-state index is -0.285. The number of hydrogen-bond acceptors (Lipinski definition) is 4. The van der Waals surface area contributed by atoms with Crippen molar-refractivity contribution in [3.8, 4) is 17.0 Å². The molecule has 1 heterocycles. The lowest BCUT2D eigenvalue weighted by atomic mass is 9.97. The largest absolute Gasteiger partial charge is 0.497 e. The van der Waals surface area contributed by atoms with Crippen LogP contribution in [0.15, 0.2) is 66.0 Å². The van der Waals surface area contributed by atoms with Crippen LogP contribution in [-0.4, -0.2) is 18.0 Å². The summed E-state index contributed by atoms with van der Waals surface area (Å²) < 4.78 is 5.28. The first kappa shape index (κ1) is 19.2. The van der Waals surface area contributed by atoms with Crippen molar-refractivity contribution >= 4 is 33.1 Å². The van der Waals surface area contributed by atoms with Crippen molar-refractivity contribution in [2.24, 2.45) is 0 Å². The number of aromatic nitrogens is 1. The van der Waals surface area contributed by atoms with Gasteiger partial charge in [0.1, 0.15) is 5.75 Å². The number of methoxy groups -OCH3 is 1. The van der Waals surface area contributed by atoms with E-state index >= 15 is 0 Å². The first-order valence-electron chi connectivity index (χ1n) is 9.45. The predicted octanol–water partition coefficient (Wildman–Crippen LogP) is 6.02. The third-order valence-corrected chi connectivity index (χ3v) is 5.88. The molecule has 0 aliphatic rings. The number of nitrogens with zero attached hydrogens (tertiary/aromatic N) is 1. The third-order valence-electron chi connectivity index (χ3n) is 5.12. The number of hydrogen-bond donors (Lipinski definition) is 1. The molecule has 0 radical (unpaired) electrons. The lowest BCUT2D eigenvalue weighted by Gasteiger charge is -2.12. The van der Waals surface area contributed by atoms with E-state index in [2.05, 4.69) is 29.4 Å². The van der Waals surface area contributed by atoms with Gasteiger partial charge in [-0.3, -0.25) is 4.79 Å². The Labute approximate surface area is 174 Å². The molecule has 0 bridgehead atoms. The Balaban J connectivity index is 1.51. The maximum Gasteiger partial charge on any atom is 0.233 e. The number of nitrogens with one attached hydrogen (secondary N) is 1. The monoisotopic (exact) mass is 402 g/mol. The van der Waals surface area contributed by atoms with Crippen LogP contribution in [-0.2, 0) is 4.79 Å². The molecule has 29 heavy (non-hydrogen) atoms. The van der Waals surface area contributed by atoms with Gasteiger partial charge in [0.05, 0.1) is 18.7 Å². The molecule has 0 saturated carbocycles. The van der Waals surface area contributed by atoms with Crippen LogP contribution in [0.1, 0.15) is 24.0 Å². The molecule has 4 aromatic rings. The fraction of sp³-hybridized carbons (Fsp3) is 0.167. The number of rotatable bonds is 5. The second-order valence-electron chi connectivity index (χ2n) is 7.04. The van der Waals surface area contributed by atoms with E-state index < -0.39 is 0 Å². The van der Waals surface area contributed by atoms with Crippen LogP contribution in [0.4, 0.5) is 5.13 Å². The van der Waals surface area contributed by atoms with Crippen LogP contribution >= 0.6 is 11.3 Å². The maximum atomic E-state index is 12.8. The Morgan fingerprint density at radius 1 is 1.07 bits per heavy atom. The second-order valence-corrected chi connectivity index (χ2v) is 7.89. The van der Waals surface area contributed by atoms with E-state index in [1.807, 2.05) is 60.8 Å². The van der Waals surface area contributed by atoms with Crippen LogP contribution < -0.4 is 10.1 Å². The van der Waals surface area contributed by atoms with Gasteiger partial charge in [0.2, 0.25) is 5.91 Å². The average molecular weight is 403 g/mol. The Morgan fingerprint density at radius 3 is 2.62 bits per heavy atom. The molecule has 0 aliphatic heterocycles. The van der Waals surface area contributed by atoms with E-state index in [-0.39, 0.29) is 11.8 Å². The fourth-order valence-corrected chi connectivity index (χ4v) is 4.03. The molecular formula is C24H22N2O2S. The van der Waals surface area contributed by atoms with Crippen molar-refractivity contribution < 1.29 is 9.53 Å². The number of thiazole rings is 1. The van der Waals surface area contributed by atoms with Crippen molar-refractivity contribution in [2.75, 3.05) is 12.4 Å². The summed E-state index contributed by atoms with van der Waals surface area (Å²) in [5.74, 6) is 0.472. The quantitative estimate of drug-likeness (QED) is 0.444. The summed E-state index contributed by atoms with van der Waals surface area (Å²) in [4.78, 5) is 17.4. The van der Waals surface area contributed by atoms with E-state index in [1.165, 1.54) is 11.3 Å². The summed E-state index contributed by atoms with van der Waals surface area (Å²) in [6, 6.07) is 20.1. The molecule has 1 N–H and O–H groups in total. The Morgan fingerprint density at radius 2 is 1.83 bits per heavy atom. The van der Waals surface area contributed by atoms with Gasteiger partial charge in [-0.05, 0) is 47.9 Å².